The van der Waals surface area contributed by atoms with Crippen LogP contribution in [0.1, 0.15) is 38.2 Å². The number of hydrogen-bond donors (Lipinski definition) is 1. The molecule has 1 aromatic carbocycles. The number of carbonyl (C=O) groups is 1. The number of likely N-dealkylation sites (tertiary alicyclic amines) is 2. The van der Waals surface area contributed by atoms with Crippen LogP contribution >= 0.6 is 0 Å². The second-order valence-corrected chi connectivity index (χ2v) is 7.28. The lowest BCUT2D eigenvalue weighted by Gasteiger charge is -2.35. The largest absolute Gasteiger partial charge is 0.389 e. The van der Waals surface area contributed by atoms with Crippen molar-refractivity contribution in [3.05, 3.63) is 35.9 Å². The number of amides is 1. The summed E-state index contributed by atoms with van der Waals surface area (Å²) in [5.41, 5.74) is 1.12. The van der Waals surface area contributed by atoms with Gasteiger partial charge in [0.05, 0.1) is 19.3 Å². The second kappa shape index (κ2) is 8.79. The molecule has 1 N–H and O–H groups in total. The molecule has 1 aromatic rings. The van der Waals surface area contributed by atoms with E-state index < -0.39 is 6.10 Å². The Bertz CT molecular complexity index is 551. The van der Waals surface area contributed by atoms with Gasteiger partial charge in [0, 0.05) is 32.1 Å². The van der Waals surface area contributed by atoms with Crippen LogP contribution in [0.5, 0.6) is 0 Å². The van der Waals surface area contributed by atoms with Gasteiger partial charge in [0.2, 0.25) is 5.91 Å². The van der Waals surface area contributed by atoms with Gasteiger partial charge in [0.1, 0.15) is 0 Å². The van der Waals surface area contributed by atoms with Gasteiger partial charge >= 0.3 is 0 Å². The van der Waals surface area contributed by atoms with Crippen molar-refractivity contribution in [2.75, 3.05) is 26.2 Å². The Balaban J connectivity index is 1.47. The number of carbonyl (C=O) groups excluding carboxylic acids is 1. The maximum absolute atomic E-state index is 11.9. The Hall–Kier alpha value is -1.43. The predicted octanol–water partition coefficient (Wildman–Crippen LogP) is 2.04. The molecule has 0 radical (unpaired) electrons. The molecule has 25 heavy (non-hydrogen) atoms. The summed E-state index contributed by atoms with van der Waals surface area (Å²) in [6, 6.07) is 10.7. The van der Waals surface area contributed by atoms with Gasteiger partial charge in [-0.15, -0.1) is 0 Å². The minimum atomic E-state index is -0.489. The third kappa shape index (κ3) is 4.81. The highest BCUT2D eigenvalue weighted by atomic mass is 16.5. The summed E-state index contributed by atoms with van der Waals surface area (Å²) in [6.45, 7) is 5.06. The molecular weight excluding hydrogens is 316 g/mol. The molecule has 0 bridgehead atoms. The Kier molecular flexibility index (Phi) is 6.45. The fraction of sp³-hybridized carbons (Fsp3) is 0.650. The van der Waals surface area contributed by atoms with Gasteiger partial charge < -0.3 is 14.7 Å². The molecule has 0 aliphatic carbocycles. The summed E-state index contributed by atoms with van der Waals surface area (Å²) in [5, 5.41) is 10.4. The lowest BCUT2D eigenvalue weighted by molar-refractivity contribution is -0.130. The highest BCUT2D eigenvalue weighted by Gasteiger charge is 2.39. The van der Waals surface area contributed by atoms with E-state index in [1.165, 1.54) is 0 Å². The van der Waals surface area contributed by atoms with Gasteiger partial charge in [-0.1, -0.05) is 30.3 Å². The molecule has 3 rings (SSSR count). The fourth-order valence-electron chi connectivity index (χ4n) is 4.31. The average molecular weight is 346 g/mol. The predicted molar refractivity (Wildman–Crippen MR) is 97.1 cm³/mol. The minimum Gasteiger partial charge on any atom is -0.389 e. The van der Waals surface area contributed by atoms with Crippen molar-refractivity contribution < 1.29 is 14.6 Å². The molecule has 2 aliphatic rings. The first kappa shape index (κ1) is 18.4. The van der Waals surface area contributed by atoms with E-state index in [-0.39, 0.29) is 5.91 Å². The van der Waals surface area contributed by atoms with Gasteiger partial charge in [0.25, 0.3) is 0 Å². The highest BCUT2D eigenvalue weighted by Crippen LogP contribution is 2.30. The molecule has 0 saturated carbocycles. The number of aliphatic hydroxyl groups is 1. The molecule has 2 saturated heterocycles. The Labute approximate surface area is 150 Å². The van der Waals surface area contributed by atoms with E-state index in [9.17, 15) is 9.90 Å². The normalized spacial score (nSPS) is 25.4. The topological polar surface area (TPSA) is 53.0 Å². The fourth-order valence-corrected chi connectivity index (χ4v) is 4.31. The van der Waals surface area contributed by atoms with E-state index in [2.05, 4.69) is 4.90 Å². The van der Waals surface area contributed by atoms with Crippen LogP contribution in [0.3, 0.4) is 0 Å². The number of hydrogen-bond acceptors (Lipinski definition) is 4. The summed E-state index contributed by atoms with van der Waals surface area (Å²) in [5.74, 6) is 0.182. The van der Waals surface area contributed by atoms with Crippen molar-refractivity contribution in [3.63, 3.8) is 0 Å². The molecule has 2 heterocycles. The van der Waals surface area contributed by atoms with Crippen molar-refractivity contribution in [2.24, 2.45) is 0 Å². The Morgan fingerprint density at radius 2 is 1.92 bits per heavy atom. The van der Waals surface area contributed by atoms with E-state index in [0.29, 0.717) is 31.8 Å². The van der Waals surface area contributed by atoms with Gasteiger partial charge in [-0.25, -0.2) is 0 Å². The second-order valence-electron chi connectivity index (χ2n) is 7.28. The van der Waals surface area contributed by atoms with E-state index in [4.69, 9.17) is 4.74 Å². The van der Waals surface area contributed by atoms with Gasteiger partial charge in [0.15, 0.2) is 0 Å². The quantitative estimate of drug-likeness (QED) is 0.821. The molecule has 2 fully saturated rings. The van der Waals surface area contributed by atoms with Gasteiger partial charge in [-0.2, -0.15) is 0 Å². The van der Waals surface area contributed by atoms with E-state index in [1.807, 2.05) is 35.2 Å². The zero-order chi connectivity index (χ0) is 17.6. The van der Waals surface area contributed by atoms with Crippen LogP contribution in [-0.4, -0.2) is 65.2 Å². The van der Waals surface area contributed by atoms with E-state index in [1.54, 1.807) is 6.92 Å². The molecule has 2 aliphatic heterocycles. The first-order valence-electron chi connectivity index (χ1n) is 9.46. The first-order valence-corrected chi connectivity index (χ1v) is 9.46. The monoisotopic (exact) mass is 346 g/mol. The van der Waals surface area contributed by atoms with Crippen molar-refractivity contribution in [1.82, 2.24) is 9.80 Å². The maximum atomic E-state index is 11.9. The smallest absolute Gasteiger partial charge is 0.219 e. The molecule has 3 atom stereocenters. The molecule has 1 amide bonds. The zero-order valence-electron chi connectivity index (χ0n) is 15.1. The number of rotatable bonds is 7. The van der Waals surface area contributed by atoms with Crippen molar-refractivity contribution in [2.45, 2.75) is 57.4 Å². The molecular formula is C20H30N2O3. The molecule has 5 heteroatoms. The van der Waals surface area contributed by atoms with Crippen molar-refractivity contribution in [3.8, 4) is 0 Å². The third-order valence-corrected chi connectivity index (χ3v) is 5.43. The maximum Gasteiger partial charge on any atom is 0.219 e. The number of nitrogens with zero attached hydrogens (tertiary/aromatic N) is 2. The van der Waals surface area contributed by atoms with Crippen molar-refractivity contribution >= 4 is 5.91 Å². The highest BCUT2D eigenvalue weighted by molar-refractivity contribution is 5.74. The third-order valence-electron chi connectivity index (χ3n) is 5.43. The van der Waals surface area contributed by atoms with Gasteiger partial charge in [-0.3, -0.25) is 9.69 Å². The SMILES string of the molecule is CC(=O)N1CCC[C@@H]1[C@H]1CCCN1C[C@@H](O)COCc1ccccc1. The Morgan fingerprint density at radius 1 is 1.20 bits per heavy atom. The van der Waals surface area contributed by atoms with E-state index in [0.717, 1.165) is 44.3 Å². The number of benzene rings is 1. The van der Waals surface area contributed by atoms with Crippen LogP contribution in [-0.2, 0) is 16.1 Å². The molecule has 0 unspecified atom stereocenters. The lowest BCUT2D eigenvalue weighted by atomic mass is 10.0. The molecule has 0 spiro atoms. The summed E-state index contributed by atoms with van der Waals surface area (Å²) in [7, 11) is 0. The lowest BCUT2D eigenvalue weighted by Crippen LogP contribution is -2.49. The number of aliphatic hydroxyl groups excluding tert-OH is 1. The summed E-state index contributed by atoms with van der Waals surface area (Å²) < 4.78 is 5.67. The average Bonchev–Trinajstić information content (AvgIpc) is 3.24. The summed E-state index contributed by atoms with van der Waals surface area (Å²) in [4.78, 5) is 16.2. The van der Waals surface area contributed by atoms with Crippen LogP contribution in [0, 0.1) is 0 Å². The molecule has 0 aromatic heterocycles. The number of β-amino-alcohol motifs (C(OH)–C–C–N with tert-alkyl or cyclic N) is 1. The minimum absolute atomic E-state index is 0.182. The molecule has 5 nitrogen and oxygen atoms in total. The van der Waals surface area contributed by atoms with E-state index >= 15 is 0 Å². The number of ether oxygens (including phenoxy) is 1. The summed E-state index contributed by atoms with van der Waals surface area (Å²) in [6.07, 6.45) is 3.95. The van der Waals surface area contributed by atoms with Crippen molar-refractivity contribution in [1.29, 1.82) is 0 Å². The van der Waals surface area contributed by atoms with Crippen LogP contribution < -0.4 is 0 Å². The first-order chi connectivity index (χ1) is 12.1. The van der Waals surface area contributed by atoms with Crippen LogP contribution in [0.25, 0.3) is 0 Å². The van der Waals surface area contributed by atoms with Crippen LogP contribution in [0.4, 0.5) is 0 Å². The van der Waals surface area contributed by atoms with Crippen LogP contribution in [0.2, 0.25) is 0 Å². The van der Waals surface area contributed by atoms with Crippen LogP contribution in [0.15, 0.2) is 30.3 Å². The Morgan fingerprint density at radius 3 is 2.68 bits per heavy atom. The summed E-state index contributed by atoms with van der Waals surface area (Å²) >= 11 is 0. The van der Waals surface area contributed by atoms with Gasteiger partial charge in [-0.05, 0) is 37.8 Å². The standard InChI is InChI=1S/C20H30N2O3/c1-16(23)22-12-6-10-20(22)19-9-5-11-21(19)13-18(24)15-25-14-17-7-3-2-4-8-17/h2-4,7-8,18-20,24H,5-6,9-15H2,1H3/t18-,19-,20-/m1/s1. The zero-order valence-corrected chi connectivity index (χ0v) is 15.1. The molecule has 138 valence electrons.